The van der Waals surface area contributed by atoms with Crippen LogP contribution in [-0.4, -0.2) is 56.3 Å². The predicted octanol–water partition coefficient (Wildman–Crippen LogP) is 3.18. The third kappa shape index (κ3) is 8.07. The molecule has 2 heterocycles. The highest BCUT2D eigenvalue weighted by molar-refractivity contribution is 5.77. The number of amides is 1. The molecule has 0 saturated heterocycles. The third-order valence-corrected chi connectivity index (χ3v) is 7.82. The van der Waals surface area contributed by atoms with Gasteiger partial charge >= 0.3 is 17.5 Å². The first kappa shape index (κ1) is 32.2. The lowest BCUT2D eigenvalue weighted by molar-refractivity contribution is 0.0945. The van der Waals surface area contributed by atoms with E-state index in [2.05, 4.69) is 15.3 Å². The number of aromatic nitrogens is 4. The number of nitrogens with zero attached hydrogens (tertiary/aromatic N) is 3. The van der Waals surface area contributed by atoms with Gasteiger partial charge in [-0.3, -0.25) is 18.7 Å². The van der Waals surface area contributed by atoms with Crippen molar-refractivity contribution in [1.29, 1.82) is 0 Å². The second-order valence-electron chi connectivity index (χ2n) is 11.1. The van der Waals surface area contributed by atoms with E-state index in [1.54, 1.807) is 53.4 Å². The van der Waals surface area contributed by atoms with E-state index in [4.69, 9.17) is 4.74 Å². The smallest absolute Gasteiger partial charge is 0.410 e. The summed E-state index contributed by atoms with van der Waals surface area (Å²) >= 11 is 0. The van der Waals surface area contributed by atoms with E-state index in [0.29, 0.717) is 73.8 Å². The van der Waals surface area contributed by atoms with Gasteiger partial charge in [-0.05, 0) is 68.6 Å². The molecule has 0 spiro atoms. The Bertz CT molecular complexity index is 2010. The van der Waals surface area contributed by atoms with Crippen molar-refractivity contribution in [2.24, 2.45) is 0 Å². The van der Waals surface area contributed by atoms with Gasteiger partial charge in [-0.15, -0.1) is 0 Å². The van der Waals surface area contributed by atoms with Crippen molar-refractivity contribution < 1.29 is 9.53 Å². The SMILES string of the molecule is O=C(OCc1ccccc1)N(CCCCNCCCn1c(=O)[nH]c2ccccc2c1=O)CCCn1c(=O)[nH]c2ccccc2c1=O. The zero-order valence-electron chi connectivity index (χ0n) is 25.6. The maximum absolute atomic E-state index is 13.0. The number of carbonyl (C=O) groups excluding carboxylic acids is 1. The second-order valence-corrected chi connectivity index (χ2v) is 11.1. The molecule has 0 fully saturated rings. The summed E-state index contributed by atoms with van der Waals surface area (Å²) in [6.45, 7) is 2.68. The molecule has 0 saturated carbocycles. The van der Waals surface area contributed by atoms with Crippen LogP contribution in [0.4, 0.5) is 4.79 Å². The minimum atomic E-state index is -0.483. The Labute approximate surface area is 264 Å². The number of ether oxygens (including phenoxy) is 1. The highest BCUT2D eigenvalue weighted by Gasteiger charge is 2.16. The van der Waals surface area contributed by atoms with E-state index in [1.165, 1.54) is 9.13 Å². The Morgan fingerprint density at radius 1 is 0.652 bits per heavy atom. The first-order valence-corrected chi connectivity index (χ1v) is 15.5. The van der Waals surface area contributed by atoms with Gasteiger partial charge in [-0.2, -0.15) is 0 Å². The van der Waals surface area contributed by atoms with E-state index >= 15 is 0 Å². The molecule has 0 bridgehead atoms. The lowest BCUT2D eigenvalue weighted by atomic mass is 10.2. The van der Waals surface area contributed by atoms with Crippen molar-refractivity contribution in [3.05, 3.63) is 126 Å². The van der Waals surface area contributed by atoms with Crippen LogP contribution >= 0.6 is 0 Å². The number of rotatable bonds is 15. The summed E-state index contributed by atoms with van der Waals surface area (Å²) in [6, 6.07) is 23.2. The number of carbonyl (C=O) groups is 1. The highest BCUT2D eigenvalue weighted by Crippen LogP contribution is 2.07. The molecule has 2 aromatic heterocycles. The molecule has 12 nitrogen and oxygen atoms in total. The molecule has 3 N–H and O–H groups in total. The Morgan fingerprint density at radius 3 is 1.80 bits per heavy atom. The molecule has 0 atom stereocenters. The van der Waals surface area contributed by atoms with Gasteiger partial charge in [0.25, 0.3) is 11.1 Å². The summed E-state index contributed by atoms with van der Waals surface area (Å²) in [7, 11) is 0. The standard InChI is InChI=1S/C34H38N6O6/c41-30-26-14-4-6-16-28(26)36-32(43)39(30)22-10-19-35-18-8-9-20-38(34(45)46-24-25-12-2-1-3-13-25)21-11-23-40-31(42)27-15-5-7-17-29(27)37-33(40)44/h1-7,12-17,35H,8-11,18-24H2,(H,36,43)(H,37,44). The number of hydrogen-bond donors (Lipinski definition) is 3. The highest BCUT2D eigenvalue weighted by atomic mass is 16.6. The van der Waals surface area contributed by atoms with Crippen LogP contribution in [0.5, 0.6) is 0 Å². The van der Waals surface area contributed by atoms with Crippen LogP contribution in [0, 0.1) is 0 Å². The number of para-hydroxylation sites is 2. The molecule has 0 radical (unpaired) electrons. The molecule has 3 aromatic carbocycles. The van der Waals surface area contributed by atoms with Gasteiger partial charge in [-0.1, -0.05) is 54.6 Å². The van der Waals surface area contributed by atoms with Gasteiger partial charge in [0, 0.05) is 26.2 Å². The average molecular weight is 627 g/mol. The van der Waals surface area contributed by atoms with Crippen molar-refractivity contribution in [2.75, 3.05) is 26.2 Å². The molecule has 1 amide bonds. The van der Waals surface area contributed by atoms with Gasteiger partial charge in [0.2, 0.25) is 0 Å². The van der Waals surface area contributed by atoms with E-state index in [-0.39, 0.29) is 24.3 Å². The van der Waals surface area contributed by atoms with Gasteiger partial charge in [0.1, 0.15) is 6.61 Å². The predicted molar refractivity (Wildman–Crippen MR) is 177 cm³/mol. The fraction of sp³-hybridized carbons (Fsp3) is 0.324. The molecule has 0 aliphatic heterocycles. The monoisotopic (exact) mass is 626 g/mol. The van der Waals surface area contributed by atoms with Crippen molar-refractivity contribution in [1.82, 2.24) is 29.3 Å². The summed E-state index contributed by atoms with van der Waals surface area (Å²) in [5, 5.41) is 4.25. The van der Waals surface area contributed by atoms with Gasteiger partial charge in [0.15, 0.2) is 0 Å². The summed E-state index contributed by atoms with van der Waals surface area (Å²) in [4.78, 5) is 70.7. The molecule has 5 rings (SSSR count). The number of aromatic amines is 2. The van der Waals surface area contributed by atoms with E-state index in [9.17, 15) is 24.0 Å². The van der Waals surface area contributed by atoms with Crippen LogP contribution in [-0.2, 0) is 24.4 Å². The van der Waals surface area contributed by atoms with Crippen LogP contribution in [0.15, 0.2) is 98.0 Å². The summed E-state index contributed by atoms with van der Waals surface area (Å²) in [5.41, 5.74) is 0.335. The molecule has 46 heavy (non-hydrogen) atoms. The molecule has 240 valence electrons. The van der Waals surface area contributed by atoms with Crippen molar-refractivity contribution >= 4 is 27.9 Å². The molecular weight excluding hydrogens is 588 g/mol. The largest absolute Gasteiger partial charge is 0.445 e. The maximum Gasteiger partial charge on any atom is 0.410 e. The van der Waals surface area contributed by atoms with E-state index in [1.807, 2.05) is 30.3 Å². The van der Waals surface area contributed by atoms with E-state index < -0.39 is 17.5 Å². The first-order chi connectivity index (χ1) is 22.4. The lowest BCUT2D eigenvalue weighted by Crippen LogP contribution is -2.38. The number of nitrogens with one attached hydrogen (secondary N) is 3. The Morgan fingerprint density at radius 2 is 1.17 bits per heavy atom. The zero-order chi connectivity index (χ0) is 32.3. The molecule has 0 aliphatic carbocycles. The third-order valence-electron chi connectivity index (χ3n) is 7.82. The Kier molecular flexibility index (Phi) is 11.0. The quantitative estimate of drug-likeness (QED) is 0.151. The summed E-state index contributed by atoms with van der Waals surface area (Å²) in [6.07, 6.45) is 2.03. The van der Waals surface area contributed by atoms with Crippen LogP contribution in [0.1, 0.15) is 31.2 Å². The van der Waals surface area contributed by atoms with Crippen LogP contribution in [0.2, 0.25) is 0 Å². The molecule has 0 unspecified atom stereocenters. The topological polar surface area (TPSA) is 151 Å². The van der Waals surface area contributed by atoms with Crippen LogP contribution in [0.25, 0.3) is 21.8 Å². The second kappa shape index (κ2) is 15.7. The summed E-state index contributed by atoms with van der Waals surface area (Å²) < 4.78 is 7.97. The molecule has 5 aromatic rings. The van der Waals surface area contributed by atoms with Gasteiger partial charge in [-0.25, -0.2) is 14.4 Å². The summed E-state index contributed by atoms with van der Waals surface area (Å²) in [5.74, 6) is 0. The number of fused-ring (bicyclic) bond motifs is 2. The van der Waals surface area contributed by atoms with Crippen LogP contribution < -0.4 is 27.8 Å². The maximum atomic E-state index is 13.0. The van der Waals surface area contributed by atoms with Crippen molar-refractivity contribution in [3.8, 4) is 0 Å². The Balaban J connectivity index is 1.10. The number of benzene rings is 3. The lowest BCUT2D eigenvalue weighted by Gasteiger charge is -2.22. The minimum Gasteiger partial charge on any atom is -0.445 e. The first-order valence-electron chi connectivity index (χ1n) is 15.5. The number of unbranched alkanes of at least 4 members (excludes halogenated alkanes) is 1. The van der Waals surface area contributed by atoms with Gasteiger partial charge < -0.3 is 24.9 Å². The van der Waals surface area contributed by atoms with Crippen molar-refractivity contribution in [2.45, 2.75) is 45.4 Å². The molecule has 12 heteroatoms. The fourth-order valence-corrected chi connectivity index (χ4v) is 5.37. The van der Waals surface area contributed by atoms with Gasteiger partial charge in [0.05, 0.1) is 21.8 Å². The van der Waals surface area contributed by atoms with Crippen molar-refractivity contribution in [3.63, 3.8) is 0 Å². The molecule has 0 aliphatic rings. The van der Waals surface area contributed by atoms with Crippen LogP contribution in [0.3, 0.4) is 0 Å². The Hall–Kier alpha value is -5.23. The molecular formula is C34H38N6O6. The number of hydrogen-bond acceptors (Lipinski definition) is 7. The normalized spacial score (nSPS) is 11.2. The number of H-pyrrole nitrogens is 2. The fourth-order valence-electron chi connectivity index (χ4n) is 5.37. The zero-order valence-corrected chi connectivity index (χ0v) is 25.6. The minimum absolute atomic E-state index is 0.144. The average Bonchev–Trinajstić information content (AvgIpc) is 3.07. The van der Waals surface area contributed by atoms with E-state index in [0.717, 1.165) is 12.0 Å².